The van der Waals surface area contributed by atoms with Crippen LogP contribution in [0.2, 0.25) is 0 Å². The first-order valence-corrected chi connectivity index (χ1v) is 21.2. The highest BCUT2D eigenvalue weighted by Crippen LogP contribution is 2.38. The highest BCUT2D eigenvalue weighted by atomic mass is 15.0. The van der Waals surface area contributed by atoms with Crippen LogP contribution in [0.1, 0.15) is 16.7 Å². The Morgan fingerprint density at radius 1 is 0.365 bits per heavy atom. The predicted molar refractivity (Wildman–Crippen MR) is 265 cm³/mol. The van der Waals surface area contributed by atoms with E-state index in [0.29, 0.717) is 18.2 Å². The van der Waals surface area contributed by atoms with E-state index < -0.39 is 0 Å². The Bertz CT molecular complexity index is 3540. The molecule has 0 fully saturated rings. The Morgan fingerprint density at radius 2 is 0.841 bits per heavy atom. The van der Waals surface area contributed by atoms with E-state index in [1.165, 1.54) is 32.6 Å². The number of para-hydroxylation sites is 3. The Balaban J connectivity index is 1.02. The number of aliphatic imine (C=N–C) groups is 3. The third-order valence-corrected chi connectivity index (χ3v) is 11.9. The number of hydrogen-bond donors (Lipinski definition) is 0. The first-order chi connectivity index (χ1) is 31.2. The molecule has 298 valence electrons. The summed E-state index contributed by atoms with van der Waals surface area (Å²) in [6.07, 6.45) is 0. The average Bonchev–Trinajstić information content (AvgIpc) is 3.87. The Labute approximate surface area is 365 Å². The van der Waals surface area contributed by atoms with Crippen LogP contribution in [0, 0.1) is 0 Å². The highest BCUT2D eigenvalue weighted by molar-refractivity contribution is 6.14. The lowest BCUT2D eigenvalue weighted by Gasteiger charge is -2.12. The number of hydrogen-bond acceptors (Lipinski definition) is 1. The van der Waals surface area contributed by atoms with E-state index in [1.807, 2.05) is 48.5 Å². The topological polar surface area (TPSA) is 46.9 Å². The summed E-state index contributed by atoms with van der Waals surface area (Å²) in [6, 6.07) is 79.3. The molecule has 0 N–H and O–H groups in total. The van der Waals surface area contributed by atoms with Gasteiger partial charge < -0.3 is 9.13 Å². The minimum absolute atomic E-state index is 0.485. The van der Waals surface area contributed by atoms with Crippen molar-refractivity contribution >= 4 is 62.0 Å². The molecule has 11 rings (SSSR count). The van der Waals surface area contributed by atoms with Crippen LogP contribution in [-0.4, -0.2) is 27.5 Å². The van der Waals surface area contributed by atoms with Crippen molar-refractivity contribution in [2.75, 3.05) is 0 Å². The van der Waals surface area contributed by atoms with Gasteiger partial charge in [0.1, 0.15) is 0 Å². The maximum Gasteiger partial charge on any atom is 0.161 e. The molecule has 0 unspecified atom stereocenters. The second kappa shape index (κ2) is 16.2. The van der Waals surface area contributed by atoms with Crippen molar-refractivity contribution in [1.29, 1.82) is 0 Å². The number of nitrogens with zero attached hydrogens (tertiary/aromatic N) is 5. The van der Waals surface area contributed by atoms with Gasteiger partial charge in [0, 0.05) is 44.0 Å². The zero-order chi connectivity index (χ0) is 42.1. The third kappa shape index (κ3) is 7.02. The van der Waals surface area contributed by atoms with Crippen LogP contribution in [0.25, 0.3) is 77.2 Å². The van der Waals surface area contributed by atoms with Gasteiger partial charge in [-0.05, 0) is 89.1 Å². The van der Waals surface area contributed by atoms with Crippen molar-refractivity contribution in [2.24, 2.45) is 15.0 Å². The average molecular weight is 808 g/mol. The molecule has 0 aliphatic heterocycles. The molecule has 0 aliphatic carbocycles. The summed E-state index contributed by atoms with van der Waals surface area (Å²) < 4.78 is 4.78. The zero-order valence-corrected chi connectivity index (χ0v) is 34.5. The summed E-state index contributed by atoms with van der Waals surface area (Å²) in [6.45, 7) is 4.35. The summed E-state index contributed by atoms with van der Waals surface area (Å²) in [5.74, 6) is 1.13. The fourth-order valence-electron chi connectivity index (χ4n) is 8.92. The van der Waals surface area contributed by atoms with Gasteiger partial charge in [0.05, 0.1) is 28.6 Å². The number of fused-ring (bicyclic) bond motifs is 6. The lowest BCUT2D eigenvalue weighted by Crippen LogP contribution is -2.05. The Morgan fingerprint density at radius 3 is 1.48 bits per heavy atom. The van der Waals surface area contributed by atoms with Gasteiger partial charge in [-0.15, -0.1) is 0 Å². The van der Waals surface area contributed by atoms with Crippen LogP contribution in [0.4, 0.5) is 0 Å². The Hall–Kier alpha value is -8.41. The summed E-state index contributed by atoms with van der Waals surface area (Å²) in [7, 11) is 0. The van der Waals surface area contributed by atoms with Gasteiger partial charge in [-0.2, -0.15) is 0 Å². The quantitative estimate of drug-likeness (QED) is 0.108. The fraction of sp³-hybridized carbons (Fsp3) is 0.0172. The van der Waals surface area contributed by atoms with E-state index in [-0.39, 0.29) is 0 Å². The van der Waals surface area contributed by atoms with Gasteiger partial charge in [-0.1, -0.05) is 170 Å². The zero-order valence-electron chi connectivity index (χ0n) is 34.5. The van der Waals surface area contributed by atoms with Gasteiger partial charge in [-0.3, -0.25) is 4.99 Å². The van der Waals surface area contributed by atoms with Crippen molar-refractivity contribution in [3.63, 3.8) is 0 Å². The van der Waals surface area contributed by atoms with E-state index in [2.05, 4.69) is 197 Å². The normalized spacial score (nSPS) is 12.1. The van der Waals surface area contributed by atoms with Crippen LogP contribution in [0.5, 0.6) is 0 Å². The van der Waals surface area contributed by atoms with E-state index in [9.17, 15) is 0 Å². The molecule has 11 aromatic rings. The SMILES string of the molecule is C=N/C(=N\C(=N/Cc1ccccc1)c1cccc(-c2ccc3c4ccccc4n(-c4cccc(-c5ccc6c7ccccc7n(-c7ccccc7)c6c5)c4)c3c2)c1)c1ccccc1. The summed E-state index contributed by atoms with van der Waals surface area (Å²) in [4.78, 5) is 14.4. The standard InChI is InChI=1S/C58H41N5/c1-59-57(41-19-7-3-8-20-41)61-58(60-39-40-17-5-2-6-18-40)46-23-15-21-42(35-46)44-31-33-52-50-28-12-14-30-54(50)63(56(52)37-44)48-26-16-22-43(36-48)45-32-34-51-49-27-11-13-29-53(49)62(55(51)38-45)47-24-9-4-10-25-47/h2-38H,1,39H2/b60-58-,61-57-. The van der Waals surface area contributed by atoms with Gasteiger partial charge in [0.2, 0.25) is 0 Å². The number of amidine groups is 2. The maximum absolute atomic E-state index is 5.06. The number of aromatic nitrogens is 2. The van der Waals surface area contributed by atoms with Gasteiger partial charge >= 0.3 is 0 Å². The van der Waals surface area contributed by atoms with Gasteiger partial charge in [0.15, 0.2) is 11.7 Å². The molecule has 5 heteroatoms. The maximum atomic E-state index is 5.06. The fourth-order valence-corrected chi connectivity index (χ4v) is 8.92. The molecule has 0 saturated carbocycles. The first kappa shape index (κ1) is 37.6. The highest BCUT2D eigenvalue weighted by Gasteiger charge is 2.17. The smallest absolute Gasteiger partial charge is 0.161 e. The number of benzene rings is 9. The molecule has 0 aliphatic rings. The van der Waals surface area contributed by atoms with Crippen molar-refractivity contribution < 1.29 is 0 Å². The van der Waals surface area contributed by atoms with Gasteiger partial charge in [-0.25, -0.2) is 9.98 Å². The minimum atomic E-state index is 0.485. The third-order valence-electron chi connectivity index (χ3n) is 11.9. The van der Waals surface area contributed by atoms with Crippen molar-refractivity contribution in [3.05, 3.63) is 241 Å². The lowest BCUT2D eigenvalue weighted by atomic mass is 10.0. The van der Waals surface area contributed by atoms with Crippen molar-refractivity contribution in [2.45, 2.75) is 6.54 Å². The van der Waals surface area contributed by atoms with Crippen LogP contribution < -0.4 is 0 Å². The van der Waals surface area contributed by atoms with E-state index in [0.717, 1.165) is 61.4 Å². The predicted octanol–water partition coefficient (Wildman–Crippen LogP) is 14.3. The van der Waals surface area contributed by atoms with E-state index in [4.69, 9.17) is 9.98 Å². The van der Waals surface area contributed by atoms with Crippen molar-refractivity contribution in [3.8, 4) is 33.6 Å². The number of rotatable bonds is 8. The molecule has 0 radical (unpaired) electrons. The molecular formula is C58H41N5. The van der Waals surface area contributed by atoms with Crippen LogP contribution in [0.3, 0.4) is 0 Å². The van der Waals surface area contributed by atoms with E-state index in [1.54, 1.807) is 0 Å². The lowest BCUT2D eigenvalue weighted by molar-refractivity contribution is 1.06. The second-order valence-electron chi connectivity index (χ2n) is 15.7. The Kier molecular flexibility index (Phi) is 9.68. The molecular weight excluding hydrogens is 767 g/mol. The molecule has 0 bridgehead atoms. The van der Waals surface area contributed by atoms with E-state index >= 15 is 0 Å². The van der Waals surface area contributed by atoms with Crippen LogP contribution in [0.15, 0.2) is 239 Å². The molecule has 0 atom stereocenters. The van der Waals surface area contributed by atoms with Crippen molar-refractivity contribution in [1.82, 2.24) is 9.13 Å². The van der Waals surface area contributed by atoms with Gasteiger partial charge in [0.25, 0.3) is 0 Å². The largest absolute Gasteiger partial charge is 0.309 e. The minimum Gasteiger partial charge on any atom is -0.309 e. The summed E-state index contributed by atoms with van der Waals surface area (Å²) >= 11 is 0. The van der Waals surface area contributed by atoms with Crippen LogP contribution >= 0.6 is 0 Å². The molecule has 5 nitrogen and oxygen atoms in total. The molecule has 0 amide bonds. The summed E-state index contributed by atoms with van der Waals surface area (Å²) in [5, 5.41) is 4.90. The molecule has 9 aromatic carbocycles. The second-order valence-corrected chi connectivity index (χ2v) is 15.7. The van der Waals surface area contributed by atoms with Crippen LogP contribution in [-0.2, 0) is 6.54 Å². The first-order valence-electron chi connectivity index (χ1n) is 21.2. The monoisotopic (exact) mass is 807 g/mol. The molecule has 2 heterocycles. The molecule has 0 spiro atoms. The molecule has 2 aromatic heterocycles. The summed E-state index contributed by atoms with van der Waals surface area (Å²) in [5.41, 5.74) is 14.3. The molecule has 63 heavy (non-hydrogen) atoms. The molecule has 0 saturated heterocycles.